The molecule has 1 aromatic carbocycles. The summed E-state index contributed by atoms with van der Waals surface area (Å²) in [6, 6.07) is 10.1. The Kier molecular flexibility index (Phi) is 6.25. The Morgan fingerprint density at radius 2 is 2.00 bits per heavy atom. The third-order valence-corrected chi connectivity index (χ3v) is 3.65. The molecule has 7 heteroatoms. The highest BCUT2D eigenvalue weighted by molar-refractivity contribution is 7.80. The number of piperazine rings is 1. The molecule has 122 valence electrons. The number of anilines is 1. The Morgan fingerprint density at radius 1 is 1.30 bits per heavy atom. The summed E-state index contributed by atoms with van der Waals surface area (Å²) in [4.78, 5) is 15.6. The maximum atomic E-state index is 9.00. The number of benzene rings is 1. The molecule has 0 aliphatic carbocycles. The molecular formula is C16H20N4O2S. The van der Waals surface area contributed by atoms with Crippen molar-refractivity contribution in [2.45, 2.75) is 6.92 Å². The molecule has 0 unspecified atom stereocenters. The standard InChI is InChI=1S/C14H16N4S.C2H4O2/c19-14(18-9-7-15-8-10-18)17-13-5-1-4-12-11(13)3-2-6-16-12;1-2(3)4/h1-6,15H,7-10H2,(H,17,19);1H3,(H,3,4). The summed E-state index contributed by atoms with van der Waals surface area (Å²) in [5.74, 6) is -0.833. The number of thiocarbonyl (C=S) groups is 1. The zero-order valence-corrected chi connectivity index (χ0v) is 13.8. The number of fused-ring (bicyclic) bond motifs is 1. The van der Waals surface area contributed by atoms with Crippen molar-refractivity contribution in [3.05, 3.63) is 36.5 Å². The van der Waals surface area contributed by atoms with Crippen molar-refractivity contribution in [2.75, 3.05) is 31.5 Å². The molecule has 0 atom stereocenters. The highest BCUT2D eigenvalue weighted by Gasteiger charge is 2.13. The summed E-state index contributed by atoms with van der Waals surface area (Å²) in [7, 11) is 0. The van der Waals surface area contributed by atoms with Gasteiger partial charge in [0.05, 0.1) is 5.52 Å². The van der Waals surface area contributed by atoms with Gasteiger partial charge in [-0.2, -0.15) is 0 Å². The summed E-state index contributed by atoms with van der Waals surface area (Å²) in [5.41, 5.74) is 2.00. The van der Waals surface area contributed by atoms with Gasteiger partial charge in [0, 0.05) is 50.4 Å². The van der Waals surface area contributed by atoms with E-state index < -0.39 is 5.97 Å². The molecule has 1 fully saturated rings. The molecule has 1 aliphatic rings. The van der Waals surface area contributed by atoms with Gasteiger partial charge in [0.1, 0.15) is 0 Å². The Hall–Kier alpha value is -2.25. The number of pyridine rings is 1. The molecular weight excluding hydrogens is 312 g/mol. The predicted octanol–water partition coefficient (Wildman–Crippen LogP) is 1.93. The minimum absolute atomic E-state index is 0.790. The molecule has 0 spiro atoms. The summed E-state index contributed by atoms with van der Waals surface area (Å²) in [6.45, 7) is 4.96. The fourth-order valence-corrected chi connectivity index (χ4v) is 2.57. The van der Waals surface area contributed by atoms with Crippen molar-refractivity contribution in [3.8, 4) is 0 Å². The summed E-state index contributed by atoms with van der Waals surface area (Å²) < 4.78 is 0. The average Bonchev–Trinajstić information content (AvgIpc) is 2.55. The first-order chi connectivity index (χ1) is 11.1. The monoisotopic (exact) mass is 332 g/mol. The second-order valence-electron chi connectivity index (χ2n) is 5.06. The van der Waals surface area contributed by atoms with Crippen molar-refractivity contribution in [1.82, 2.24) is 15.2 Å². The van der Waals surface area contributed by atoms with Gasteiger partial charge in [-0.1, -0.05) is 6.07 Å². The first-order valence-electron chi connectivity index (χ1n) is 7.38. The minimum atomic E-state index is -0.833. The maximum absolute atomic E-state index is 9.00. The van der Waals surface area contributed by atoms with Gasteiger partial charge in [0.25, 0.3) is 5.97 Å². The van der Waals surface area contributed by atoms with Crippen LogP contribution in [0.2, 0.25) is 0 Å². The summed E-state index contributed by atoms with van der Waals surface area (Å²) >= 11 is 5.49. The van der Waals surface area contributed by atoms with Crippen molar-refractivity contribution in [1.29, 1.82) is 0 Å². The highest BCUT2D eigenvalue weighted by Crippen LogP contribution is 2.21. The van der Waals surface area contributed by atoms with Crippen LogP contribution in [0.4, 0.5) is 5.69 Å². The number of aromatic nitrogens is 1. The quantitative estimate of drug-likeness (QED) is 0.689. The molecule has 1 aromatic heterocycles. The van der Waals surface area contributed by atoms with Crippen molar-refractivity contribution < 1.29 is 9.90 Å². The third kappa shape index (κ3) is 5.15. The number of carboxylic acid groups (broad SMARTS) is 1. The Bertz CT molecular complexity index is 677. The number of nitrogens with one attached hydrogen (secondary N) is 2. The smallest absolute Gasteiger partial charge is 0.300 e. The van der Waals surface area contributed by atoms with Crippen LogP contribution in [0.25, 0.3) is 10.9 Å². The maximum Gasteiger partial charge on any atom is 0.300 e. The first kappa shape index (κ1) is 17.1. The van der Waals surface area contributed by atoms with Gasteiger partial charge in [-0.05, 0) is 36.5 Å². The molecule has 23 heavy (non-hydrogen) atoms. The van der Waals surface area contributed by atoms with Crippen LogP contribution in [0.1, 0.15) is 6.92 Å². The number of carbonyl (C=O) groups is 1. The highest BCUT2D eigenvalue weighted by atomic mass is 32.1. The van der Waals surface area contributed by atoms with E-state index in [9.17, 15) is 0 Å². The van der Waals surface area contributed by atoms with E-state index in [0.29, 0.717) is 0 Å². The molecule has 2 aromatic rings. The van der Waals surface area contributed by atoms with E-state index in [4.69, 9.17) is 22.1 Å². The van der Waals surface area contributed by atoms with E-state index in [1.54, 1.807) is 6.20 Å². The van der Waals surface area contributed by atoms with Gasteiger partial charge < -0.3 is 20.6 Å². The molecule has 0 saturated carbocycles. The molecule has 1 aliphatic heterocycles. The molecule has 3 rings (SSSR count). The van der Waals surface area contributed by atoms with Crippen LogP contribution in [0, 0.1) is 0 Å². The number of hydrogen-bond acceptors (Lipinski definition) is 4. The van der Waals surface area contributed by atoms with E-state index >= 15 is 0 Å². The predicted molar refractivity (Wildman–Crippen MR) is 95.7 cm³/mol. The zero-order chi connectivity index (χ0) is 16.7. The lowest BCUT2D eigenvalue weighted by Gasteiger charge is -2.30. The van der Waals surface area contributed by atoms with Crippen molar-refractivity contribution >= 4 is 39.9 Å². The number of rotatable bonds is 1. The van der Waals surface area contributed by atoms with Gasteiger partial charge in [-0.25, -0.2) is 0 Å². The Labute approximate surface area is 140 Å². The van der Waals surface area contributed by atoms with Crippen LogP contribution in [0.5, 0.6) is 0 Å². The molecule has 6 nitrogen and oxygen atoms in total. The second kappa shape index (κ2) is 8.40. The zero-order valence-electron chi connectivity index (χ0n) is 13.0. The van der Waals surface area contributed by atoms with Crippen LogP contribution < -0.4 is 10.6 Å². The largest absolute Gasteiger partial charge is 0.481 e. The van der Waals surface area contributed by atoms with Gasteiger partial charge in [-0.3, -0.25) is 9.78 Å². The molecule has 2 heterocycles. The van der Waals surface area contributed by atoms with Crippen LogP contribution in [0.15, 0.2) is 36.5 Å². The lowest BCUT2D eigenvalue weighted by atomic mass is 10.2. The summed E-state index contributed by atoms with van der Waals surface area (Å²) in [6.07, 6.45) is 1.81. The fourth-order valence-electron chi connectivity index (χ4n) is 2.27. The van der Waals surface area contributed by atoms with Crippen molar-refractivity contribution in [3.63, 3.8) is 0 Å². The lowest BCUT2D eigenvalue weighted by Crippen LogP contribution is -2.47. The van der Waals surface area contributed by atoms with Gasteiger partial charge in [-0.15, -0.1) is 0 Å². The number of aliphatic carboxylic acids is 1. The summed E-state index contributed by atoms with van der Waals surface area (Å²) in [5, 5.41) is 16.0. The molecule has 0 radical (unpaired) electrons. The van der Waals surface area contributed by atoms with Gasteiger partial charge in [0.2, 0.25) is 0 Å². The van der Waals surface area contributed by atoms with Crippen LogP contribution in [-0.2, 0) is 4.79 Å². The number of nitrogens with zero attached hydrogens (tertiary/aromatic N) is 2. The number of carboxylic acids is 1. The number of hydrogen-bond donors (Lipinski definition) is 3. The minimum Gasteiger partial charge on any atom is -0.481 e. The first-order valence-corrected chi connectivity index (χ1v) is 7.78. The molecule has 1 saturated heterocycles. The van der Waals surface area contributed by atoms with E-state index in [1.165, 1.54) is 0 Å². The Morgan fingerprint density at radius 3 is 2.70 bits per heavy atom. The lowest BCUT2D eigenvalue weighted by molar-refractivity contribution is -0.134. The normalized spacial score (nSPS) is 13.9. The molecule has 0 bridgehead atoms. The molecule has 0 amide bonds. The Balaban J connectivity index is 0.000000433. The van der Waals surface area contributed by atoms with E-state index in [2.05, 4.69) is 26.6 Å². The van der Waals surface area contributed by atoms with Crippen LogP contribution in [0.3, 0.4) is 0 Å². The van der Waals surface area contributed by atoms with E-state index in [-0.39, 0.29) is 0 Å². The molecule has 3 N–H and O–H groups in total. The SMILES string of the molecule is CC(=O)O.S=C(Nc1cccc2ncccc12)N1CCNCC1. The van der Waals surface area contributed by atoms with Crippen LogP contribution >= 0.6 is 12.2 Å². The van der Waals surface area contributed by atoms with Crippen molar-refractivity contribution in [2.24, 2.45) is 0 Å². The average molecular weight is 332 g/mol. The van der Waals surface area contributed by atoms with E-state index in [0.717, 1.165) is 54.8 Å². The second-order valence-corrected chi connectivity index (χ2v) is 5.45. The topological polar surface area (TPSA) is 77.5 Å². The third-order valence-electron chi connectivity index (χ3n) is 3.29. The van der Waals surface area contributed by atoms with Gasteiger partial charge >= 0.3 is 0 Å². The fraction of sp³-hybridized carbons (Fsp3) is 0.312. The van der Waals surface area contributed by atoms with Crippen LogP contribution in [-0.4, -0.2) is 52.3 Å². The van der Waals surface area contributed by atoms with Gasteiger partial charge in [0.15, 0.2) is 5.11 Å². The van der Waals surface area contributed by atoms with E-state index in [1.807, 2.05) is 24.3 Å².